The Morgan fingerprint density at radius 1 is 1.18 bits per heavy atom. The largest absolute Gasteiger partial charge is 0.383 e. The Kier molecular flexibility index (Phi) is 7.72. The number of hydrazone groups is 1. The van der Waals surface area contributed by atoms with Crippen LogP contribution >= 0.6 is 22.9 Å². The molecule has 176 valence electrons. The Balaban J connectivity index is 1.61. The van der Waals surface area contributed by atoms with E-state index in [1.165, 1.54) is 40.5 Å². The Morgan fingerprint density at radius 2 is 1.94 bits per heavy atom. The minimum Gasteiger partial charge on any atom is -0.383 e. The normalized spacial score (nSPS) is 15.3. The smallest absolute Gasteiger partial charge is 0.262 e. The van der Waals surface area contributed by atoms with Gasteiger partial charge in [-0.3, -0.25) is 9.59 Å². The maximum atomic E-state index is 13.5. The van der Waals surface area contributed by atoms with E-state index in [9.17, 15) is 14.0 Å². The third kappa shape index (κ3) is 5.35. The van der Waals surface area contributed by atoms with Crippen LogP contribution in [-0.4, -0.2) is 54.2 Å². The highest BCUT2D eigenvalue weighted by Crippen LogP contribution is 2.34. The molecule has 1 aromatic heterocycles. The number of thiophene rings is 1. The number of ether oxygens (including phenoxy) is 1. The van der Waals surface area contributed by atoms with Crippen molar-refractivity contribution in [2.45, 2.75) is 12.5 Å². The molecule has 2 amide bonds. The molecule has 2 aromatic carbocycles. The topological polar surface area (TPSA) is 62.2 Å². The van der Waals surface area contributed by atoms with Crippen LogP contribution in [0.1, 0.15) is 33.3 Å². The summed E-state index contributed by atoms with van der Waals surface area (Å²) in [6.45, 7) is 0.268. The molecule has 1 atom stereocenters. The van der Waals surface area contributed by atoms with Gasteiger partial charge in [-0.1, -0.05) is 41.9 Å². The van der Waals surface area contributed by atoms with Gasteiger partial charge in [0.25, 0.3) is 11.8 Å². The van der Waals surface area contributed by atoms with Crippen LogP contribution < -0.4 is 0 Å². The SMILES string of the molecule is COCCN(CC(=O)N1N=C(c2cccs2)CC1c1ccc(F)cc1)C(=O)c1ccccc1Cl. The second kappa shape index (κ2) is 10.9. The maximum Gasteiger partial charge on any atom is 0.262 e. The predicted molar refractivity (Wildman–Crippen MR) is 131 cm³/mol. The van der Waals surface area contributed by atoms with E-state index in [0.29, 0.717) is 17.0 Å². The number of rotatable bonds is 8. The minimum atomic E-state index is -0.398. The quantitative estimate of drug-likeness (QED) is 0.438. The van der Waals surface area contributed by atoms with Crippen LogP contribution in [0.25, 0.3) is 0 Å². The molecule has 4 rings (SSSR count). The first-order valence-electron chi connectivity index (χ1n) is 10.7. The van der Waals surface area contributed by atoms with Crippen molar-refractivity contribution in [3.8, 4) is 0 Å². The average molecular weight is 500 g/mol. The van der Waals surface area contributed by atoms with Crippen LogP contribution in [0.15, 0.2) is 71.1 Å². The van der Waals surface area contributed by atoms with Crippen LogP contribution in [0.3, 0.4) is 0 Å². The number of hydrogen-bond acceptors (Lipinski definition) is 5. The van der Waals surface area contributed by atoms with Gasteiger partial charge in [0.15, 0.2) is 0 Å². The summed E-state index contributed by atoms with van der Waals surface area (Å²) in [6.07, 6.45) is 0.494. The van der Waals surface area contributed by atoms with E-state index in [-0.39, 0.29) is 37.3 Å². The van der Waals surface area contributed by atoms with E-state index in [1.54, 1.807) is 36.4 Å². The fraction of sp³-hybridized carbons (Fsp3) is 0.240. The van der Waals surface area contributed by atoms with Crippen molar-refractivity contribution in [1.29, 1.82) is 0 Å². The van der Waals surface area contributed by atoms with Crippen molar-refractivity contribution in [1.82, 2.24) is 9.91 Å². The number of halogens is 2. The highest BCUT2D eigenvalue weighted by Gasteiger charge is 2.35. The highest BCUT2D eigenvalue weighted by atomic mass is 35.5. The monoisotopic (exact) mass is 499 g/mol. The lowest BCUT2D eigenvalue weighted by atomic mass is 10.0. The molecule has 0 saturated carbocycles. The second-order valence-electron chi connectivity index (χ2n) is 7.73. The summed E-state index contributed by atoms with van der Waals surface area (Å²) in [5.74, 6) is -1.07. The van der Waals surface area contributed by atoms with Crippen molar-refractivity contribution < 1.29 is 18.7 Å². The number of nitrogens with zero attached hydrogens (tertiary/aromatic N) is 3. The van der Waals surface area contributed by atoms with Gasteiger partial charge in [0.1, 0.15) is 12.4 Å². The fourth-order valence-corrected chi connectivity index (χ4v) is 4.71. The molecule has 0 aliphatic carbocycles. The molecule has 0 radical (unpaired) electrons. The number of amides is 2. The molecule has 34 heavy (non-hydrogen) atoms. The zero-order valence-corrected chi connectivity index (χ0v) is 20.1. The van der Waals surface area contributed by atoms with Crippen LogP contribution in [0, 0.1) is 5.82 Å². The maximum absolute atomic E-state index is 13.5. The summed E-state index contributed by atoms with van der Waals surface area (Å²) in [6, 6.07) is 16.2. The Hall–Kier alpha value is -3.07. The molecule has 0 spiro atoms. The van der Waals surface area contributed by atoms with Gasteiger partial charge in [0, 0.05) is 20.1 Å². The van der Waals surface area contributed by atoms with E-state index in [4.69, 9.17) is 16.3 Å². The van der Waals surface area contributed by atoms with Crippen LogP contribution in [0.4, 0.5) is 4.39 Å². The molecule has 9 heteroatoms. The summed E-state index contributed by atoms with van der Waals surface area (Å²) < 4.78 is 18.7. The number of carbonyl (C=O) groups excluding carboxylic acids is 2. The van der Waals surface area contributed by atoms with Gasteiger partial charge in [-0.25, -0.2) is 9.40 Å². The van der Waals surface area contributed by atoms with Gasteiger partial charge in [-0.15, -0.1) is 11.3 Å². The summed E-state index contributed by atoms with van der Waals surface area (Å²) >= 11 is 7.77. The first kappa shape index (κ1) is 24.1. The van der Waals surface area contributed by atoms with E-state index in [2.05, 4.69) is 5.10 Å². The zero-order chi connectivity index (χ0) is 24.1. The fourth-order valence-electron chi connectivity index (χ4n) is 3.77. The van der Waals surface area contributed by atoms with Gasteiger partial charge in [-0.2, -0.15) is 5.10 Å². The molecule has 1 aliphatic heterocycles. The molecule has 6 nitrogen and oxygen atoms in total. The van der Waals surface area contributed by atoms with Crippen molar-refractivity contribution >= 4 is 40.5 Å². The van der Waals surface area contributed by atoms with Gasteiger partial charge in [0.05, 0.1) is 33.8 Å². The van der Waals surface area contributed by atoms with Crippen molar-refractivity contribution in [3.05, 3.63) is 92.9 Å². The number of hydrogen-bond donors (Lipinski definition) is 0. The van der Waals surface area contributed by atoms with E-state index in [1.807, 2.05) is 17.5 Å². The predicted octanol–water partition coefficient (Wildman–Crippen LogP) is 5.01. The lowest BCUT2D eigenvalue weighted by Crippen LogP contribution is -2.42. The van der Waals surface area contributed by atoms with Crippen LogP contribution in [0.2, 0.25) is 5.02 Å². The van der Waals surface area contributed by atoms with Gasteiger partial charge < -0.3 is 9.64 Å². The molecule has 1 aliphatic rings. The van der Waals surface area contributed by atoms with Crippen molar-refractivity contribution in [2.75, 3.05) is 26.8 Å². The van der Waals surface area contributed by atoms with Crippen molar-refractivity contribution in [3.63, 3.8) is 0 Å². The molecule has 0 N–H and O–H groups in total. The first-order chi connectivity index (χ1) is 16.5. The first-order valence-corrected chi connectivity index (χ1v) is 12.0. The average Bonchev–Trinajstić information content (AvgIpc) is 3.52. The summed E-state index contributed by atoms with van der Waals surface area (Å²) in [5.41, 5.74) is 1.86. The van der Waals surface area contributed by atoms with E-state index in [0.717, 1.165) is 16.2 Å². The summed E-state index contributed by atoms with van der Waals surface area (Å²) in [4.78, 5) is 29.1. The van der Waals surface area contributed by atoms with Gasteiger partial charge in [0.2, 0.25) is 0 Å². The van der Waals surface area contributed by atoms with Crippen LogP contribution in [-0.2, 0) is 9.53 Å². The molecule has 3 aromatic rings. The molecule has 1 unspecified atom stereocenters. The molecular weight excluding hydrogens is 477 g/mol. The molecule has 2 heterocycles. The molecule has 0 fully saturated rings. The Labute approximate surface area is 206 Å². The van der Waals surface area contributed by atoms with Gasteiger partial charge in [-0.05, 0) is 41.3 Å². The summed E-state index contributed by atoms with van der Waals surface area (Å²) in [7, 11) is 1.53. The number of carbonyl (C=O) groups is 2. The molecular formula is C25H23ClFN3O3S. The van der Waals surface area contributed by atoms with Gasteiger partial charge >= 0.3 is 0 Å². The third-order valence-electron chi connectivity index (χ3n) is 5.51. The Bertz CT molecular complexity index is 1180. The van der Waals surface area contributed by atoms with E-state index < -0.39 is 6.04 Å². The highest BCUT2D eigenvalue weighted by molar-refractivity contribution is 7.12. The lowest BCUT2D eigenvalue weighted by Gasteiger charge is -2.27. The van der Waals surface area contributed by atoms with E-state index >= 15 is 0 Å². The van der Waals surface area contributed by atoms with Crippen molar-refractivity contribution in [2.24, 2.45) is 5.10 Å². The number of benzene rings is 2. The minimum absolute atomic E-state index is 0.202. The zero-order valence-electron chi connectivity index (χ0n) is 18.5. The second-order valence-corrected chi connectivity index (χ2v) is 9.09. The van der Waals surface area contributed by atoms with Crippen LogP contribution in [0.5, 0.6) is 0 Å². The summed E-state index contributed by atoms with van der Waals surface area (Å²) in [5, 5.41) is 8.28. The third-order valence-corrected chi connectivity index (χ3v) is 6.76. The lowest BCUT2D eigenvalue weighted by molar-refractivity contribution is -0.133. The molecule has 0 saturated heterocycles. The molecule has 0 bridgehead atoms. The number of methoxy groups -OCH3 is 1. The Morgan fingerprint density at radius 3 is 2.62 bits per heavy atom. The standard InChI is InChI=1S/C25H23ClFN3O3S/c1-33-13-12-29(25(32)19-5-2-3-6-20(19)26)16-24(31)30-22(17-8-10-18(27)11-9-17)15-21(28-30)23-7-4-14-34-23/h2-11,14,22H,12-13,15-16H2,1H3.